The van der Waals surface area contributed by atoms with Gasteiger partial charge in [-0.05, 0) is 44.5 Å². The van der Waals surface area contributed by atoms with Crippen molar-refractivity contribution in [3.8, 4) is 11.5 Å². The topological polar surface area (TPSA) is 111 Å². The van der Waals surface area contributed by atoms with Crippen LogP contribution >= 0.6 is 0 Å². The van der Waals surface area contributed by atoms with Crippen LogP contribution < -0.4 is 14.8 Å². The third-order valence-electron chi connectivity index (χ3n) is 5.38. The summed E-state index contributed by atoms with van der Waals surface area (Å²) in [6.07, 6.45) is -0.818. The molecule has 172 valence electrons. The molecule has 1 atom stereocenters. The summed E-state index contributed by atoms with van der Waals surface area (Å²) < 4.78 is 16.1. The fourth-order valence-corrected chi connectivity index (χ4v) is 3.66. The molecule has 0 aliphatic carbocycles. The van der Waals surface area contributed by atoms with Gasteiger partial charge in [0.2, 0.25) is 0 Å². The molecular formula is C24H24N2O7. The third kappa shape index (κ3) is 4.82. The number of imide groups is 1. The molecule has 33 heavy (non-hydrogen) atoms. The smallest absolute Gasteiger partial charge is 0.306 e. The highest BCUT2D eigenvalue weighted by atomic mass is 16.6. The second-order valence-electron chi connectivity index (χ2n) is 7.89. The number of benzene rings is 2. The van der Waals surface area contributed by atoms with E-state index in [9.17, 15) is 19.2 Å². The lowest BCUT2D eigenvalue weighted by Crippen LogP contribution is -2.32. The average molecular weight is 452 g/mol. The summed E-state index contributed by atoms with van der Waals surface area (Å²) in [4.78, 5) is 50.6. The number of anilines is 1. The van der Waals surface area contributed by atoms with Crippen LogP contribution in [0.25, 0.3) is 0 Å². The Morgan fingerprint density at radius 3 is 2.55 bits per heavy atom. The summed E-state index contributed by atoms with van der Waals surface area (Å²) in [7, 11) is 0. The molecule has 0 fully saturated rings. The Bertz CT molecular complexity index is 1130. The zero-order valence-corrected chi connectivity index (χ0v) is 18.4. The number of amides is 3. The van der Waals surface area contributed by atoms with E-state index in [2.05, 4.69) is 5.32 Å². The summed E-state index contributed by atoms with van der Waals surface area (Å²) >= 11 is 0. The number of ether oxygens (including phenoxy) is 3. The quantitative estimate of drug-likeness (QED) is 0.508. The van der Waals surface area contributed by atoms with Crippen LogP contribution in [-0.4, -0.2) is 54.5 Å². The number of nitrogens with zero attached hydrogens (tertiary/aromatic N) is 1. The number of aryl methyl sites for hydroxylation is 1. The molecule has 9 nitrogen and oxygen atoms in total. The van der Waals surface area contributed by atoms with Crippen molar-refractivity contribution in [2.45, 2.75) is 32.8 Å². The predicted molar refractivity (Wildman–Crippen MR) is 117 cm³/mol. The molecule has 2 aliphatic heterocycles. The fourth-order valence-electron chi connectivity index (χ4n) is 3.66. The number of rotatable bonds is 7. The van der Waals surface area contributed by atoms with Crippen molar-refractivity contribution in [2.75, 3.05) is 25.1 Å². The monoisotopic (exact) mass is 452 g/mol. The van der Waals surface area contributed by atoms with E-state index in [0.717, 1.165) is 10.5 Å². The van der Waals surface area contributed by atoms with E-state index in [1.54, 1.807) is 36.4 Å². The maximum absolute atomic E-state index is 12.5. The third-order valence-corrected chi connectivity index (χ3v) is 5.38. The first-order valence-corrected chi connectivity index (χ1v) is 10.7. The number of hydrogen-bond acceptors (Lipinski definition) is 7. The standard InChI is InChI=1S/C24H24N2O7/c1-14-5-7-17-18(12-14)24(30)26(23(17)29)9-3-4-21(27)33-15(2)22(28)25-16-6-8-19-20(13-16)32-11-10-31-19/h5-8,12-13,15H,3-4,9-11H2,1-2H3,(H,25,28). The van der Waals surface area contributed by atoms with E-state index in [1.165, 1.54) is 6.92 Å². The lowest BCUT2D eigenvalue weighted by Gasteiger charge is -2.19. The molecule has 0 radical (unpaired) electrons. The predicted octanol–water partition coefficient (Wildman–Crippen LogP) is 2.71. The largest absolute Gasteiger partial charge is 0.486 e. The highest BCUT2D eigenvalue weighted by molar-refractivity contribution is 6.21. The van der Waals surface area contributed by atoms with Gasteiger partial charge in [-0.25, -0.2) is 0 Å². The van der Waals surface area contributed by atoms with Crippen molar-refractivity contribution in [3.05, 3.63) is 53.1 Å². The number of nitrogens with one attached hydrogen (secondary N) is 1. The highest BCUT2D eigenvalue weighted by Crippen LogP contribution is 2.32. The molecule has 0 saturated heterocycles. The second-order valence-corrected chi connectivity index (χ2v) is 7.89. The minimum Gasteiger partial charge on any atom is -0.486 e. The Kier molecular flexibility index (Phi) is 6.30. The molecular weight excluding hydrogens is 428 g/mol. The fraction of sp³-hybridized carbons (Fsp3) is 0.333. The molecule has 4 rings (SSSR count). The Morgan fingerprint density at radius 2 is 1.76 bits per heavy atom. The van der Waals surface area contributed by atoms with Crippen LogP contribution in [0.1, 0.15) is 46.0 Å². The first-order chi connectivity index (χ1) is 15.8. The van der Waals surface area contributed by atoms with E-state index in [1.807, 2.05) is 6.92 Å². The molecule has 2 heterocycles. The van der Waals surface area contributed by atoms with Crippen molar-refractivity contribution in [2.24, 2.45) is 0 Å². The summed E-state index contributed by atoms with van der Waals surface area (Å²) in [5.74, 6) is -0.670. The first kappa shape index (κ1) is 22.3. The Balaban J connectivity index is 1.24. The Hall–Kier alpha value is -3.88. The SMILES string of the molecule is Cc1ccc2c(c1)C(=O)N(CCCC(=O)OC(C)C(=O)Nc1ccc3c(c1)OCCO3)C2=O. The maximum atomic E-state index is 12.5. The van der Waals surface area contributed by atoms with E-state index in [0.29, 0.717) is 41.5 Å². The minimum atomic E-state index is -1.02. The van der Waals surface area contributed by atoms with Gasteiger partial charge in [0.1, 0.15) is 13.2 Å². The van der Waals surface area contributed by atoms with E-state index in [4.69, 9.17) is 14.2 Å². The number of fused-ring (bicyclic) bond motifs is 2. The van der Waals surface area contributed by atoms with Crippen LogP contribution in [0.2, 0.25) is 0 Å². The first-order valence-electron chi connectivity index (χ1n) is 10.7. The van der Waals surface area contributed by atoms with E-state index < -0.39 is 18.0 Å². The zero-order chi connectivity index (χ0) is 23.5. The molecule has 3 amide bonds. The van der Waals surface area contributed by atoms with Gasteiger partial charge in [-0.15, -0.1) is 0 Å². The second kappa shape index (κ2) is 9.32. The van der Waals surface area contributed by atoms with Crippen LogP contribution in [0.4, 0.5) is 5.69 Å². The van der Waals surface area contributed by atoms with Crippen molar-refractivity contribution in [1.82, 2.24) is 4.90 Å². The van der Waals surface area contributed by atoms with Crippen LogP contribution in [-0.2, 0) is 14.3 Å². The Labute approximate surface area is 190 Å². The highest BCUT2D eigenvalue weighted by Gasteiger charge is 2.35. The van der Waals surface area contributed by atoms with Crippen molar-refractivity contribution in [1.29, 1.82) is 0 Å². The normalized spacial score (nSPS) is 15.2. The summed E-state index contributed by atoms with van der Waals surface area (Å²) in [6.45, 7) is 4.31. The molecule has 1 N–H and O–H groups in total. The van der Waals surface area contributed by atoms with Gasteiger partial charge < -0.3 is 19.5 Å². The summed E-state index contributed by atoms with van der Waals surface area (Å²) in [6, 6.07) is 10.1. The van der Waals surface area contributed by atoms with Gasteiger partial charge in [0.05, 0.1) is 11.1 Å². The van der Waals surface area contributed by atoms with Crippen molar-refractivity contribution in [3.63, 3.8) is 0 Å². The van der Waals surface area contributed by atoms with Gasteiger partial charge >= 0.3 is 5.97 Å². The average Bonchev–Trinajstić information content (AvgIpc) is 3.03. The molecule has 0 saturated carbocycles. The van der Waals surface area contributed by atoms with Crippen molar-refractivity contribution >= 4 is 29.4 Å². The molecule has 2 aromatic carbocycles. The van der Waals surface area contributed by atoms with Gasteiger partial charge in [0, 0.05) is 24.7 Å². The van der Waals surface area contributed by atoms with Crippen LogP contribution in [0.5, 0.6) is 11.5 Å². The van der Waals surface area contributed by atoms with Gasteiger partial charge in [-0.1, -0.05) is 11.6 Å². The molecule has 0 aromatic heterocycles. The molecule has 1 unspecified atom stereocenters. The number of carbonyl (C=O) groups excluding carboxylic acids is 4. The van der Waals surface area contributed by atoms with Gasteiger partial charge in [0.25, 0.3) is 17.7 Å². The van der Waals surface area contributed by atoms with Gasteiger partial charge in [-0.2, -0.15) is 0 Å². The number of carbonyl (C=O) groups is 4. The van der Waals surface area contributed by atoms with Gasteiger partial charge in [-0.3, -0.25) is 24.1 Å². The number of esters is 1. The van der Waals surface area contributed by atoms with E-state index in [-0.39, 0.29) is 31.2 Å². The zero-order valence-electron chi connectivity index (χ0n) is 18.4. The van der Waals surface area contributed by atoms with Crippen LogP contribution in [0, 0.1) is 6.92 Å². The minimum absolute atomic E-state index is 0.0337. The summed E-state index contributed by atoms with van der Waals surface area (Å²) in [5.41, 5.74) is 2.14. The summed E-state index contributed by atoms with van der Waals surface area (Å²) in [5, 5.41) is 2.67. The van der Waals surface area contributed by atoms with E-state index >= 15 is 0 Å². The molecule has 0 bridgehead atoms. The molecule has 9 heteroatoms. The van der Waals surface area contributed by atoms with Gasteiger partial charge in [0.15, 0.2) is 17.6 Å². The Morgan fingerprint density at radius 1 is 1.03 bits per heavy atom. The van der Waals surface area contributed by atoms with Crippen LogP contribution in [0.15, 0.2) is 36.4 Å². The lowest BCUT2D eigenvalue weighted by molar-refractivity contribution is -0.153. The lowest BCUT2D eigenvalue weighted by atomic mass is 10.1. The molecule has 0 spiro atoms. The van der Waals surface area contributed by atoms with Crippen LogP contribution in [0.3, 0.4) is 0 Å². The maximum Gasteiger partial charge on any atom is 0.306 e. The van der Waals surface area contributed by atoms with Crippen molar-refractivity contribution < 1.29 is 33.4 Å². The number of hydrogen-bond donors (Lipinski definition) is 1. The molecule has 2 aromatic rings. The molecule has 2 aliphatic rings.